The second kappa shape index (κ2) is 22.6. The Hall–Kier alpha value is -1.59. The number of allylic oxidation sites excluding steroid dienone is 2. The van der Waals surface area contributed by atoms with Gasteiger partial charge in [-0.1, -0.05) is 82.4 Å². The Labute approximate surface area is 225 Å². The molecule has 1 unspecified atom stereocenters. The summed E-state index contributed by atoms with van der Waals surface area (Å²) in [6, 6.07) is 8.54. The zero-order valence-corrected chi connectivity index (χ0v) is 23.9. The predicted molar refractivity (Wildman–Crippen MR) is 154 cm³/mol. The van der Waals surface area contributed by atoms with Gasteiger partial charge in [-0.25, -0.2) is 0 Å². The van der Waals surface area contributed by atoms with Crippen LogP contribution >= 0.6 is 11.8 Å². The summed E-state index contributed by atoms with van der Waals surface area (Å²) < 4.78 is 10.3. The number of benzene rings is 1. The van der Waals surface area contributed by atoms with E-state index in [0.717, 1.165) is 56.5 Å². The Morgan fingerprint density at radius 2 is 1.86 bits per heavy atom. The standard InChI is InChI=1S/C17H22O2.C14H28O2S/c1-19-13-16-8-4-7-14(11-16)5-2-3-6-15-9-10-17(18)12-15;1-3-5-6-7-8-9-12-16-14(15)11-10-13-17-4-2/h3-4,6-8,11,15H,2,5,9-10,12-13H2,1H3;3-13H2,1-2H3/b6-3+;. The summed E-state index contributed by atoms with van der Waals surface area (Å²) in [4.78, 5) is 22.5. The van der Waals surface area contributed by atoms with Crippen LogP contribution in [-0.2, 0) is 32.1 Å². The fraction of sp³-hybridized carbons (Fsp3) is 0.677. The summed E-state index contributed by atoms with van der Waals surface area (Å²) >= 11 is 1.88. The minimum Gasteiger partial charge on any atom is -0.466 e. The van der Waals surface area contributed by atoms with Crippen LogP contribution in [0.5, 0.6) is 0 Å². The molecule has 0 radical (unpaired) electrons. The van der Waals surface area contributed by atoms with Crippen LogP contribution in [0.25, 0.3) is 0 Å². The lowest BCUT2D eigenvalue weighted by Crippen LogP contribution is -2.06. The van der Waals surface area contributed by atoms with Crippen molar-refractivity contribution in [3.8, 4) is 0 Å². The lowest BCUT2D eigenvalue weighted by molar-refractivity contribution is -0.143. The van der Waals surface area contributed by atoms with Gasteiger partial charge in [0.25, 0.3) is 0 Å². The first-order valence-electron chi connectivity index (χ1n) is 14.1. The van der Waals surface area contributed by atoms with E-state index >= 15 is 0 Å². The number of aryl methyl sites for hydroxylation is 1. The van der Waals surface area contributed by atoms with Gasteiger partial charge in [-0.05, 0) is 60.7 Å². The third kappa shape index (κ3) is 17.8. The summed E-state index contributed by atoms with van der Waals surface area (Å²) in [5.74, 6) is 3.10. The number of thioether (sulfide) groups is 1. The SMILES string of the molecule is CCCCCCCCOC(=O)CCCSCC.COCc1cccc(CC/C=C/C2CCC(=O)C2)c1. The molecule has 1 fully saturated rings. The van der Waals surface area contributed by atoms with Gasteiger partial charge < -0.3 is 9.47 Å². The minimum absolute atomic E-state index is 0.0183. The number of methoxy groups -OCH3 is 1. The molecule has 1 saturated carbocycles. The Balaban J connectivity index is 0.000000363. The molecule has 1 atom stereocenters. The number of rotatable bonds is 18. The van der Waals surface area contributed by atoms with Gasteiger partial charge in [0, 0.05) is 26.4 Å². The Morgan fingerprint density at radius 3 is 2.58 bits per heavy atom. The second-order valence-electron chi connectivity index (χ2n) is 9.55. The zero-order chi connectivity index (χ0) is 26.3. The highest BCUT2D eigenvalue weighted by Crippen LogP contribution is 2.23. The fourth-order valence-electron chi connectivity index (χ4n) is 4.19. The van der Waals surface area contributed by atoms with Gasteiger partial charge in [0.1, 0.15) is 5.78 Å². The van der Waals surface area contributed by atoms with Gasteiger partial charge in [-0.3, -0.25) is 9.59 Å². The third-order valence-electron chi connectivity index (χ3n) is 6.23. The molecular weight excluding hydrogens is 468 g/mol. The maximum atomic E-state index is 11.3. The Bertz CT molecular complexity index is 731. The van der Waals surface area contributed by atoms with E-state index < -0.39 is 0 Å². The molecule has 0 saturated heterocycles. The normalized spacial score (nSPS) is 15.2. The van der Waals surface area contributed by atoms with Gasteiger partial charge in [0.2, 0.25) is 0 Å². The second-order valence-corrected chi connectivity index (χ2v) is 10.9. The van der Waals surface area contributed by atoms with Crippen molar-refractivity contribution < 1.29 is 19.1 Å². The highest BCUT2D eigenvalue weighted by atomic mass is 32.2. The summed E-state index contributed by atoms with van der Waals surface area (Å²) in [5, 5.41) is 0. The van der Waals surface area contributed by atoms with E-state index in [4.69, 9.17) is 9.47 Å². The average molecular weight is 519 g/mol. The van der Waals surface area contributed by atoms with Crippen molar-refractivity contribution in [2.24, 2.45) is 5.92 Å². The first kappa shape index (κ1) is 32.4. The number of carbonyl (C=O) groups excluding carboxylic acids is 2. The molecule has 1 aromatic carbocycles. The molecule has 0 spiro atoms. The van der Waals surface area contributed by atoms with E-state index in [2.05, 4.69) is 50.3 Å². The van der Waals surface area contributed by atoms with Gasteiger partial charge in [-0.15, -0.1) is 0 Å². The Morgan fingerprint density at radius 1 is 1.08 bits per heavy atom. The van der Waals surface area contributed by atoms with Crippen LogP contribution in [0.4, 0.5) is 0 Å². The highest BCUT2D eigenvalue weighted by molar-refractivity contribution is 7.99. The molecule has 1 aromatic rings. The first-order valence-corrected chi connectivity index (χ1v) is 15.2. The molecule has 0 aromatic heterocycles. The van der Waals surface area contributed by atoms with Crippen LogP contribution < -0.4 is 0 Å². The van der Waals surface area contributed by atoms with E-state index in [1.54, 1.807) is 7.11 Å². The lowest BCUT2D eigenvalue weighted by Gasteiger charge is -2.04. The van der Waals surface area contributed by atoms with Crippen LogP contribution in [0.3, 0.4) is 0 Å². The Kier molecular flexibility index (Phi) is 20.4. The molecule has 5 heteroatoms. The molecule has 0 heterocycles. The van der Waals surface area contributed by atoms with Crippen molar-refractivity contribution in [3.63, 3.8) is 0 Å². The number of unbranched alkanes of at least 4 members (excludes halogenated alkanes) is 5. The van der Waals surface area contributed by atoms with Crippen LogP contribution in [0, 0.1) is 5.92 Å². The van der Waals surface area contributed by atoms with Gasteiger partial charge in [0.15, 0.2) is 0 Å². The molecule has 36 heavy (non-hydrogen) atoms. The number of ketones is 1. The van der Waals surface area contributed by atoms with Crippen molar-refractivity contribution in [2.45, 2.75) is 104 Å². The number of hydrogen-bond donors (Lipinski definition) is 0. The molecular formula is C31H50O4S. The largest absolute Gasteiger partial charge is 0.466 e. The van der Waals surface area contributed by atoms with Crippen molar-refractivity contribution >= 4 is 23.5 Å². The molecule has 0 amide bonds. The van der Waals surface area contributed by atoms with Crippen molar-refractivity contribution in [2.75, 3.05) is 25.2 Å². The smallest absolute Gasteiger partial charge is 0.305 e. The summed E-state index contributed by atoms with van der Waals surface area (Å²) in [7, 11) is 1.72. The zero-order valence-electron chi connectivity index (χ0n) is 23.1. The number of carbonyl (C=O) groups is 2. The summed E-state index contributed by atoms with van der Waals surface area (Å²) in [6.07, 6.45) is 18.1. The molecule has 4 nitrogen and oxygen atoms in total. The maximum Gasteiger partial charge on any atom is 0.305 e. The topological polar surface area (TPSA) is 52.6 Å². The van der Waals surface area contributed by atoms with Crippen LogP contribution in [-0.4, -0.2) is 37.0 Å². The van der Waals surface area contributed by atoms with E-state index in [-0.39, 0.29) is 5.97 Å². The molecule has 0 bridgehead atoms. The van der Waals surface area contributed by atoms with Crippen LogP contribution in [0.2, 0.25) is 0 Å². The van der Waals surface area contributed by atoms with Crippen LogP contribution in [0.15, 0.2) is 36.4 Å². The number of esters is 1. The molecule has 204 valence electrons. The quantitative estimate of drug-likeness (QED) is 0.112. The molecule has 0 aliphatic heterocycles. The molecule has 1 aliphatic rings. The summed E-state index contributed by atoms with van der Waals surface area (Å²) in [6.45, 7) is 5.65. The number of ether oxygens (including phenoxy) is 2. The van der Waals surface area contributed by atoms with E-state index in [9.17, 15) is 9.59 Å². The highest BCUT2D eigenvalue weighted by Gasteiger charge is 2.18. The van der Waals surface area contributed by atoms with Crippen molar-refractivity contribution in [1.82, 2.24) is 0 Å². The van der Waals surface area contributed by atoms with E-state index in [0.29, 0.717) is 31.3 Å². The van der Waals surface area contributed by atoms with Crippen LogP contribution in [0.1, 0.15) is 102 Å². The monoisotopic (exact) mass is 518 g/mol. The van der Waals surface area contributed by atoms with Crippen molar-refractivity contribution in [1.29, 1.82) is 0 Å². The lowest BCUT2D eigenvalue weighted by atomic mass is 10.0. The van der Waals surface area contributed by atoms with Gasteiger partial charge >= 0.3 is 5.97 Å². The summed E-state index contributed by atoms with van der Waals surface area (Å²) in [5.41, 5.74) is 2.58. The van der Waals surface area contributed by atoms with Crippen molar-refractivity contribution in [3.05, 3.63) is 47.5 Å². The maximum absolute atomic E-state index is 11.3. The number of hydrogen-bond acceptors (Lipinski definition) is 5. The molecule has 1 aliphatic carbocycles. The first-order chi connectivity index (χ1) is 17.6. The minimum atomic E-state index is -0.0183. The molecule has 2 rings (SSSR count). The average Bonchev–Trinajstić information content (AvgIpc) is 3.30. The fourth-order valence-corrected chi connectivity index (χ4v) is 4.83. The predicted octanol–water partition coefficient (Wildman–Crippen LogP) is 8.11. The van der Waals surface area contributed by atoms with E-state index in [1.165, 1.54) is 43.2 Å². The van der Waals surface area contributed by atoms with Gasteiger partial charge in [-0.2, -0.15) is 11.8 Å². The number of Topliss-reactive ketones (excluding diaryl/α,β-unsaturated/α-hetero) is 1. The molecule has 0 N–H and O–H groups in total. The van der Waals surface area contributed by atoms with Gasteiger partial charge in [0.05, 0.1) is 13.2 Å². The third-order valence-corrected chi connectivity index (χ3v) is 7.21. The van der Waals surface area contributed by atoms with E-state index in [1.807, 2.05) is 11.8 Å².